The maximum atomic E-state index is 14.1. The third kappa shape index (κ3) is 3.82. The second-order valence-electron chi connectivity index (χ2n) is 6.73. The first-order valence-electron chi connectivity index (χ1n) is 9.14. The molecule has 0 N–H and O–H groups in total. The maximum absolute atomic E-state index is 14.1. The average molecular weight is 390 g/mol. The molecule has 0 unspecified atom stereocenters. The minimum Gasteiger partial charge on any atom is -0.464 e. The van der Waals surface area contributed by atoms with Crippen molar-refractivity contribution in [3.05, 3.63) is 89.8 Å². The van der Waals surface area contributed by atoms with Crippen molar-refractivity contribution in [1.82, 2.24) is 9.88 Å². The summed E-state index contributed by atoms with van der Waals surface area (Å²) in [5, 5.41) is 0. The van der Waals surface area contributed by atoms with Crippen LogP contribution in [0.4, 0.5) is 4.39 Å². The second-order valence-corrected chi connectivity index (χ2v) is 6.73. The number of aromatic nitrogens is 1. The van der Waals surface area contributed by atoms with Gasteiger partial charge >= 0.3 is 0 Å². The Hall–Kier alpha value is -3.67. The van der Waals surface area contributed by atoms with E-state index in [2.05, 4.69) is 4.98 Å². The molecule has 5 nitrogen and oxygen atoms in total. The van der Waals surface area contributed by atoms with Crippen LogP contribution in [0.2, 0.25) is 0 Å². The Bertz CT molecular complexity index is 1160. The normalized spacial score (nSPS) is 10.9. The zero-order valence-corrected chi connectivity index (χ0v) is 16.1. The largest absolute Gasteiger partial charge is 0.464 e. The number of hydrogen-bond acceptors (Lipinski definition) is 4. The summed E-state index contributed by atoms with van der Waals surface area (Å²) in [6, 6.07) is 17.1. The Labute approximate surface area is 167 Å². The van der Waals surface area contributed by atoms with Gasteiger partial charge in [0.2, 0.25) is 5.89 Å². The smallest absolute Gasteiger partial charge is 0.254 e. The molecule has 0 aliphatic heterocycles. The summed E-state index contributed by atoms with van der Waals surface area (Å²) in [6.45, 7) is 2.20. The van der Waals surface area contributed by atoms with Crippen molar-refractivity contribution in [2.45, 2.75) is 13.5 Å². The predicted molar refractivity (Wildman–Crippen MR) is 107 cm³/mol. The maximum Gasteiger partial charge on any atom is 0.254 e. The zero-order valence-electron chi connectivity index (χ0n) is 16.1. The monoisotopic (exact) mass is 390 g/mol. The minimum absolute atomic E-state index is 0.194. The number of hydrogen-bond donors (Lipinski definition) is 0. The van der Waals surface area contributed by atoms with Gasteiger partial charge in [0.25, 0.3) is 5.91 Å². The molecule has 146 valence electrons. The van der Waals surface area contributed by atoms with Crippen LogP contribution in [0.1, 0.15) is 21.9 Å². The van der Waals surface area contributed by atoms with Crippen molar-refractivity contribution in [2.24, 2.45) is 0 Å². The highest BCUT2D eigenvalue weighted by molar-refractivity contribution is 5.99. The molecule has 2 aromatic carbocycles. The molecule has 0 fully saturated rings. The average Bonchev–Trinajstić information content (AvgIpc) is 3.37. The van der Waals surface area contributed by atoms with E-state index >= 15 is 0 Å². The molecule has 4 rings (SSSR count). The number of furan rings is 1. The first-order valence-corrected chi connectivity index (χ1v) is 9.14. The third-order valence-corrected chi connectivity index (χ3v) is 4.57. The lowest BCUT2D eigenvalue weighted by Gasteiger charge is -2.17. The molecule has 0 bridgehead atoms. The summed E-state index contributed by atoms with van der Waals surface area (Å²) in [5.41, 5.74) is 1.31. The van der Waals surface area contributed by atoms with Gasteiger partial charge in [0.1, 0.15) is 17.3 Å². The number of nitrogens with zero attached hydrogens (tertiary/aromatic N) is 2. The van der Waals surface area contributed by atoms with Gasteiger partial charge in [0.05, 0.1) is 23.9 Å². The quantitative estimate of drug-likeness (QED) is 0.463. The van der Waals surface area contributed by atoms with Gasteiger partial charge in [-0.2, -0.15) is 0 Å². The topological polar surface area (TPSA) is 59.5 Å². The standard InChI is InChI=1S/C23H19FN2O3/c1-15-11-12-16(28-15)14-26(2)23(27)18-8-4-3-7-17(18)22-25-13-21(29-22)19-9-5-6-10-20(19)24/h3-13H,14H2,1-2H3. The number of carbonyl (C=O) groups is 1. The van der Waals surface area contributed by atoms with Crippen LogP contribution < -0.4 is 0 Å². The number of rotatable bonds is 5. The fourth-order valence-corrected chi connectivity index (χ4v) is 3.12. The highest BCUT2D eigenvalue weighted by atomic mass is 19.1. The molecule has 0 radical (unpaired) electrons. The first kappa shape index (κ1) is 18.7. The molecule has 2 heterocycles. The Morgan fingerprint density at radius 1 is 1.00 bits per heavy atom. The Morgan fingerprint density at radius 2 is 1.72 bits per heavy atom. The minimum atomic E-state index is -0.395. The van der Waals surface area contributed by atoms with E-state index in [0.717, 1.165) is 5.76 Å². The Balaban J connectivity index is 1.63. The Morgan fingerprint density at radius 3 is 2.45 bits per heavy atom. The van der Waals surface area contributed by atoms with Crippen LogP contribution in [0.15, 0.2) is 75.7 Å². The van der Waals surface area contributed by atoms with Gasteiger partial charge < -0.3 is 13.7 Å². The van der Waals surface area contributed by atoms with E-state index in [9.17, 15) is 9.18 Å². The van der Waals surface area contributed by atoms with E-state index in [1.165, 1.54) is 12.3 Å². The van der Waals surface area contributed by atoms with E-state index < -0.39 is 5.82 Å². The second kappa shape index (κ2) is 7.75. The summed E-state index contributed by atoms with van der Waals surface area (Å²) >= 11 is 0. The van der Waals surface area contributed by atoms with Gasteiger partial charge in [-0.25, -0.2) is 9.37 Å². The van der Waals surface area contributed by atoms with Gasteiger partial charge in [-0.15, -0.1) is 0 Å². The third-order valence-electron chi connectivity index (χ3n) is 4.57. The predicted octanol–water partition coefficient (Wildman–Crippen LogP) is 5.32. The van der Waals surface area contributed by atoms with E-state index in [1.54, 1.807) is 54.4 Å². The number of carbonyl (C=O) groups excluding carboxylic acids is 1. The van der Waals surface area contributed by atoms with Crippen molar-refractivity contribution >= 4 is 5.91 Å². The number of oxazole rings is 1. The molecule has 6 heteroatoms. The van der Waals surface area contributed by atoms with Gasteiger partial charge in [-0.3, -0.25) is 4.79 Å². The lowest BCUT2D eigenvalue weighted by Crippen LogP contribution is -2.26. The van der Waals surface area contributed by atoms with Crippen LogP contribution in [-0.2, 0) is 6.54 Å². The number of aryl methyl sites for hydroxylation is 1. The van der Waals surface area contributed by atoms with Crippen LogP contribution in [0.25, 0.3) is 22.8 Å². The highest BCUT2D eigenvalue weighted by Gasteiger charge is 2.21. The highest BCUT2D eigenvalue weighted by Crippen LogP contribution is 2.30. The van der Waals surface area contributed by atoms with Crippen molar-refractivity contribution in [3.8, 4) is 22.8 Å². The molecule has 4 aromatic rings. The van der Waals surface area contributed by atoms with Gasteiger partial charge in [0, 0.05) is 12.6 Å². The summed E-state index contributed by atoms with van der Waals surface area (Å²) < 4.78 is 25.4. The summed E-state index contributed by atoms with van der Waals surface area (Å²) in [7, 11) is 1.71. The van der Waals surface area contributed by atoms with Crippen LogP contribution in [-0.4, -0.2) is 22.8 Å². The molecule has 0 aliphatic rings. The fourth-order valence-electron chi connectivity index (χ4n) is 3.12. The number of amides is 1. The lowest BCUT2D eigenvalue weighted by atomic mass is 10.1. The van der Waals surface area contributed by atoms with Gasteiger partial charge in [-0.05, 0) is 43.3 Å². The summed E-state index contributed by atoms with van der Waals surface area (Å²) in [5.74, 6) is 1.47. The van der Waals surface area contributed by atoms with Crippen LogP contribution in [0, 0.1) is 12.7 Å². The number of benzene rings is 2. The fraction of sp³-hybridized carbons (Fsp3) is 0.130. The molecule has 0 atom stereocenters. The van der Waals surface area contributed by atoms with Crippen molar-refractivity contribution in [3.63, 3.8) is 0 Å². The molecule has 0 saturated carbocycles. The van der Waals surface area contributed by atoms with Crippen LogP contribution in [0.3, 0.4) is 0 Å². The molecular weight excluding hydrogens is 371 g/mol. The molecular formula is C23H19FN2O3. The molecule has 0 aliphatic carbocycles. The Kier molecular flexibility index (Phi) is 4.99. The lowest BCUT2D eigenvalue weighted by molar-refractivity contribution is 0.0775. The van der Waals surface area contributed by atoms with Gasteiger partial charge in [-0.1, -0.05) is 24.3 Å². The van der Waals surface area contributed by atoms with E-state index in [1.807, 2.05) is 19.1 Å². The molecule has 1 amide bonds. The summed E-state index contributed by atoms with van der Waals surface area (Å²) in [6.07, 6.45) is 1.46. The zero-order chi connectivity index (χ0) is 20.4. The van der Waals surface area contributed by atoms with E-state index in [4.69, 9.17) is 8.83 Å². The SMILES string of the molecule is Cc1ccc(CN(C)C(=O)c2ccccc2-c2ncc(-c3ccccc3F)o2)o1. The molecule has 2 aromatic heterocycles. The van der Waals surface area contributed by atoms with E-state index in [0.29, 0.717) is 34.8 Å². The van der Waals surface area contributed by atoms with Crippen LogP contribution >= 0.6 is 0 Å². The first-order chi connectivity index (χ1) is 14.0. The van der Waals surface area contributed by atoms with Crippen LogP contribution in [0.5, 0.6) is 0 Å². The van der Waals surface area contributed by atoms with Gasteiger partial charge in [0.15, 0.2) is 5.76 Å². The van der Waals surface area contributed by atoms with Crippen molar-refractivity contribution < 1.29 is 18.0 Å². The van der Waals surface area contributed by atoms with Crippen molar-refractivity contribution in [2.75, 3.05) is 7.05 Å². The molecule has 0 spiro atoms. The molecule has 29 heavy (non-hydrogen) atoms. The number of halogens is 1. The molecule has 0 saturated heterocycles. The van der Waals surface area contributed by atoms with E-state index in [-0.39, 0.29) is 11.8 Å². The van der Waals surface area contributed by atoms with Crippen molar-refractivity contribution in [1.29, 1.82) is 0 Å². The summed E-state index contributed by atoms with van der Waals surface area (Å²) in [4.78, 5) is 18.9.